The number of benzene rings is 1. The zero-order chi connectivity index (χ0) is 14.8. The summed E-state index contributed by atoms with van der Waals surface area (Å²) in [4.78, 5) is 3.64. The first-order chi connectivity index (χ1) is 9.33. The normalized spacial score (nSPS) is 18.4. The molecule has 0 amide bonds. The Bertz CT molecular complexity index is 451. The number of aryl methyl sites for hydroxylation is 1. The molecular formula is C14H20F3N3. The predicted molar refractivity (Wildman–Crippen MR) is 73.4 cm³/mol. The van der Waals surface area contributed by atoms with E-state index in [1.54, 1.807) is 0 Å². The maximum Gasteiger partial charge on any atom is 0.401 e. The molecule has 0 saturated carbocycles. The summed E-state index contributed by atoms with van der Waals surface area (Å²) in [7, 11) is 0. The number of halogens is 3. The van der Waals surface area contributed by atoms with Crippen molar-refractivity contribution in [1.82, 2.24) is 9.80 Å². The Morgan fingerprint density at radius 1 is 1.10 bits per heavy atom. The lowest BCUT2D eigenvalue weighted by Crippen LogP contribution is -2.48. The summed E-state index contributed by atoms with van der Waals surface area (Å²) in [6.45, 7) is 4.18. The van der Waals surface area contributed by atoms with E-state index in [9.17, 15) is 13.2 Å². The number of anilines is 1. The first-order valence-electron chi connectivity index (χ1n) is 6.70. The highest BCUT2D eigenvalue weighted by atomic mass is 19.4. The molecule has 2 N–H and O–H groups in total. The number of nitrogen functional groups attached to an aromatic ring is 1. The van der Waals surface area contributed by atoms with Gasteiger partial charge in [0.2, 0.25) is 0 Å². The molecule has 20 heavy (non-hydrogen) atoms. The van der Waals surface area contributed by atoms with E-state index in [0.717, 1.165) is 23.4 Å². The van der Waals surface area contributed by atoms with Crippen LogP contribution in [-0.2, 0) is 6.54 Å². The van der Waals surface area contributed by atoms with Crippen LogP contribution in [0.3, 0.4) is 0 Å². The lowest BCUT2D eigenvalue weighted by molar-refractivity contribution is -0.149. The Morgan fingerprint density at radius 2 is 1.70 bits per heavy atom. The largest absolute Gasteiger partial charge is 0.401 e. The van der Waals surface area contributed by atoms with Gasteiger partial charge in [-0.05, 0) is 24.1 Å². The Balaban J connectivity index is 1.83. The smallest absolute Gasteiger partial charge is 0.399 e. The quantitative estimate of drug-likeness (QED) is 0.866. The van der Waals surface area contributed by atoms with Gasteiger partial charge in [-0.3, -0.25) is 9.80 Å². The average Bonchev–Trinajstić information content (AvgIpc) is 2.35. The van der Waals surface area contributed by atoms with Crippen LogP contribution in [0.1, 0.15) is 11.1 Å². The number of nitrogens with two attached hydrogens (primary N) is 1. The molecule has 1 aliphatic rings. The Labute approximate surface area is 117 Å². The SMILES string of the molecule is Cc1cc(CN2CCN(CC(F)(F)F)CC2)ccc1N. The minimum atomic E-state index is -4.10. The van der Waals surface area contributed by atoms with Crippen molar-refractivity contribution in [2.24, 2.45) is 0 Å². The summed E-state index contributed by atoms with van der Waals surface area (Å²) in [5.41, 5.74) is 8.73. The van der Waals surface area contributed by atoms with Gasteiger partial charge in [0.25, 0.3) is 0 Å². The second-order valence-electron chi connectivity index (χ2n) is 5.36. The molecule has 1 aliphatic heterocycles. The van der Waals surface area contributed by atoms with E-state index in [0.29, 0.717) is 26.2 Å². The number of rotatable bonds is 3. The standard InChI is InChI=1S/C14H20F3N3/c1-11-8-12(2-3-13(11)18)9-19-4-6-20(7-5-19)10-14(15,16)17/h2-3,8H,4-7,9-10,18H2,1H3. The molecule has 1 aromatic rings. The second-order valence-corrected chi connectivity index (χ2v) is 5.36. The number of piperazine rings is 1. The second kappa shape index (κ2) is 6.01. The van der Waals surface area contributed by atoms with Crippen molar-refractivity contribution in [2.45, 2.75) is 19.6 Å². The fraction of sp³-hybridized carbons (Fsp3) is 0.571. The third-order valence-corrected chi connectivity index (χ3v) is 3.61. The van der Waals surface area contributed by atoms with Crippen LogP contribution in [0.4, 0.5) is 18.9 Å². The molecular weight excluding hydrogens is 267 g/mol. The average molecular weight is 287 g/mol. The summed E-state index contributed by atoms with van der Waals surface area (Å²) < 4.78 is 36.9. The molecule has 6 heteroatoms. The van der Waals surface area contributed by atoms with Crippen molar-refractivity contribution < 1.29 is 13.2 Å². The van der Waals surface area contributed by atoms with Gasteiger partial charge in [0, 0.05) is 38.4 Å². The van der Waals surface area contributed by atoms with Gasteiger partial charge in [0.15, 0.2) is 0 Å². The Morgan fingerprint density at radius 3 is 2.25 bits per heavy atom. The number of hydrogen-bond donors (Lipinski definition) is 1. The lowest BCUT2D eigenvalue weighted by atomic mass is 10.1. The molecule has 3 nitrogen and oxygen atoms in total. The minimum Gasteiger partial charge on any atom is -0.399 e. The third kappa shape index (κ3) is 4.38. The third-order valence-electron chi connectivity index (χ3n) is 3.61. The first-order valence-corrected chi connectivity index (χ1v) is 6.70. The van der Waals surface area contributed by atoms with Crippen molar-refractivity contribution in [3.8, 4) is 0 Å². The molecule has 1 fully saturated rings. The van der Waals surface area contributed by atoms with Crippen molar-refractivity contribution in [3.63, 3.8) is 0 Å². The Kier molecular flexibility index (Phi) is 4.55. The van der Waals surface area contributed by atoms with E-state index in [2.05, 4.69) is 4.90 Å². The topological polar surface area (TPSA) is 32.5 Å². The lowest BCUT2D eigenvalue weighted by Gasteiger charge is -2.35. The van der Waals surface area contributed by atoms with Crippen LogP contribution in [0, 0.1) is 6.92 Å². The molecule has 0 unspecified atom stereocenters. The summed E-state index contributed by atoms with van der Waals surface area (Å²) in [6, 6.07) is 5.90. The van der Waals surface area contributed by atoms with Gasteiger partial charge in [-0.15, -0.1) is 0 Å². The van der Waals surface area contributed by atoms with Crippen LogP contribution in [-0.4, -0.2) is 48.7 Å². The minimum absolute atomic E-state index is 0.466. The fourth-order valence-corrected chi connectivity index (χ4v) is 2.45. The monoisotopic (exact) mass is 287 g/mol. The maximum absolute atomic E-state index is 12.3. The first kappa shape index (κ1) is 15.1. The summed E-state index contributed by atoms with van der Waals surface area (Å²) >= 11 is 0. The molecule has 0 aliphatic carbocycles. The van der Waals surface area contributed by atoms with Crippen LogP contribution >= 0.6 is 0 Å². The van der Waals surface area contributed by atoms with Crippen molar-refractivity contribution in [3.05, 3.63) is 29.3 Å². The van der Waals surface area contributed by atoms with E-state index < -0.39 is 12.7 Å². The van der Waals surface area contributed by atoms with Crippen LogP contribution in [0.5, 0.6) is 0 Å². The van der Waals surface area contributed by atoms with Crippen LogP contribution in [0.25, 0.3) is 0 Å². The molecule has 112 valence electrons. The maximum atomic E-state index is 12.3. The highest BCUT2D eigenvalue weighted by Crippen LogP contribution is 2.19. The summed E-state index contributed by atoms with van der Waals surface area (Å²) in [5.74, 6) is 0. The number of hydrogen-bond acceptors (Lipinski definition) is 3. The van der Waals surface area contributed by atoms with E-state index in [1.807, 2.05) is 25.1 Å². The fourth-order valence-electron chi connectivity index (χ4n) is 2.45. The van der Waals surface area contributed by atoms with E-state index >= 15 is 0 Å². The van der Waals surface area contributed by atoms with E-state index in [4.69, 9.17) is 5.73 Å². The highest BCUT2D eigenvalue weighted by Gasteiger charge is 2.32. The van der Waals surface area contributed by atoms with Gasteiger partial charge in [-0.25, -0.2) is 0 Å². The van der Waals surface area contributed by atoms with Crippen molar-refractivity contribution >= 4 is 5.69 Å². The summed E-state index contributed by atoms with van der Waals surface area (Å²) in [6.07, 6.45) is -4.10. The molecule has 2 rings (SSSR count). The molecule has 0 radical (unpaired) electrons. The van der Waals surface area contributed by atoms with Gasteiger partial charge in [0.05, 0.1) is 6.54 Å². The van der Waals surface area contributed by atoms with Gasteiger partial charge >= 0.3 is 6.18 Å². The molecule has 1 saturated heterocycles. The van der Waals surface area contributed by atoms with Crippen LogP contribution in [0.15, 0.2) is 18.2 Å². The van der Waals surface area contributed by atoms with Gasteiger partial charge in [-0.2, -0.15) is 13.2 Å². The molecule has 0 bridgehead atoms. The zero-order valence-electron chi connectivity index (χ0n) is 11.6. The van der Waals surface area contributed by atoms with Crippen LogP contribution in [0.2, 0.25) is 0 Å². The van der Waals surface area contributed by atoms with E-state index in [1.165, 1.54) is 4.90 Å². The highest BCUT2D eigenvalue weighted by molar-refractivity contribution is 5.47. The molecule has 0 spiro atoms. The van der Waals surface area contributed by atoms with E-state index in [-0.39, 0.29) is 0 Å². The van der Waals surface area contributed by atoms with Crippen molar-refractivity contribution in [2.75, 3.05) is 38.5 Å². The predicted octanol–water partition coefficient (Wildman–Crippen LogP) is 2.26. The van der Waals surface area contributed by atoms with Crippen LogP contribution < -0.4 is 5.73 Å². The molecule has 0 atom stereocenters. The van der Waals surface area contributed by atoms with Crippen molar-refractivity contribution in [1.29, 1.82) is 0 Å². The number of nitrogens with zero attached hydrogens (tertiary/aromatic N) is 2. The van der Waals surface area contributed by atoms with Gasteiger partial charge in [-0.1, -0.05) is 12.1 Å². The number of alkyl halides is 3. The summed E-state index contributed by atoms with van der Waals surface area (Å²) in [5, 5.41) is 0. The molecule has 0 aromatic heterocycles. The molecule has 1 heterocycles. The zero-order valence-corrected chi connectivity index (χ0v) is 11.6. The van der Waals surface area contributed by atoms with Gasteiger partial charge in [0.1, 0.15) is 0 Å². The molecule has 1 aromatic carbocycles. The Hall–Kier alpha value is -1.27. The van der Waals surface area contributed by atoms with Gasteiger partial charge < -0.3 is 5.73 Å².